The highest BCUT2D eigenvalue weighted by molar-refractivity contribution is 5.52. The minimum atomic E-state index is -4.63. The highest BCUT2D eigenvalue weighted by Crippen LogP contribution is 2.34. The van der Waals surface area contributed by atoms with Crippen molar-refractivity contribution in [2.45, 2.75) is 12.7 Å². The van der Waals surface area contributed by atoms with Gasteiger partial charge in [0.25, 0.3) is 0 Å². The van der Waals surface area contributed by atoms with Gasteiger partial charge in [0.1, 0.15) is 5.82 Å². The van der Waals surface area contributed by atoms with Crippen LogP contribution < -0.4 is 11.5 Å². The fraction of sp³-hybridized carbons (Fsp3) is 0.250. The number of alkyl halides is 3. The SMILES string of the molecule is NCc1c(N)cc(F)cc1C(F)(F)F. The molecule has 1 rings (SSSR count). The third-order valence-corrected chi connectivity index (χ3v) is 1.76. The lowest BCUT2D eigenvalue weighted by molar-refractivity contribution is -0.138. The van der Waals surface area contributed by atoms with E-state index in [1.807, 2.05) is 0 Å². The maximum atomic E-state index is 12.7. The van der Waals surface area contributed by atoms with Crippen molar-refractivity contribution in [1.29, 1.82) is 0 Å². The molecule has 0 atom stereocenters. The summed E-state index contributed by atoms with van der Waals surface area (Å²) < 4.78 is 49.6. The normalized spacial score (nSPS) is 11.8. The maximum Gasteiger partial charge on any atom is 0.416 e. The first-order valence-electron chi connectivity index (χ1n) is 3.71. The molecule has 4 N–H and O–H groups in total. The minimum Gasteiger partial charge on any atom is -0.398 e. The van der Waals surface area contributed by atoms with Gasteiger partial charge in [-0.05, 0) is 12.1 Å². The summed E-state index contributed by atoms with van der Waals surface area (Å²) in [6.07, 6.45) is -4.63. The van der Waals surface area contributed by atoms with Gasteiger partial charge in [-0.3, -0.25) is 0 Å². The van der Waals surface area contributed by atoms with Crippen LogP contribution in [0.5, 0.6) is 0 Å². The van der Waals surface area contributed by atoms with E-state index in [-0.39, 0.29) is 17.8 Å². The van der Waals surface area contributed by atoms with E-state index < -0.39 is 17.6 Å². The molecule has 0 aliphatic rings. The van der Waals surface area contributed by atoms with Crippen molar-refractivity contribution in [2.24, 2.45) is 5.73 Å². The Morgan fingerprint density at radius 1 is 1.21 bits per heavy atom. The van der Waals surface area contributed by atoms with Gasteiger partial charge in [-0.25, -0.2) is 4.39 Å². The van der Waals surface area contributed by atoms with Crippen LogP contribution in [0.2, 0.25) is 0 Å². The molecule has 0 heterocycles. The molecular weight excluding hydrogens is 200 g/mol. The molecule has 0 bridgehead atoms. The summed E-state index contributed by atoms with van der Waals surface area (Å²) in [5, 5.41) is 0. The molecule has 0 aliphatic carbocycles. The molecule has 0 amide bonds. The third-order valence-electron chi connectivity index (χ3n) is 1.76. The average molecular weight is 208 g/mol. The number of halogens is 4. The van der Waals surface area contributed by atoms with Crippen LogP contribution in [0.3, 0.4) is 0 Å². The van der Waals surface area contributed by atoms with E-state index in [1.165, 1.54) is 0 Å². The second kappa shape index (κ2) is 3.45. The van der Waals surface area contributed by atoms with Crippen molar-refractivity contribution in [1.82, 2.24) is 0 Å². The number of hydrogen-bond acceptors (Lipinski definition) is 2. The molecule has 0 radical (unpaired) electrons. The second-order valence-electron chi connectivity index (χ2n) is 2.72. The quantitative estimate of drug-likeness (QED) is 0.547. The highest BCUT2D eigenvalue weighted by Gasteiger charge is 2.34. The van der Waals surface area contributed by atoms with E-state index in [1.54, 1.807) is 0 Å². The predicted octanol–water partition coefficient (Wildman–Crippen LogP) is 1.89. The molecule has 0 unspecified atom stereocenters. The van der Waals surface area contributed by atoms with E-state index in [0.717, 1.165) is 6.07 Å². The summed E-state index contributed by atoms with van der Waals surface area (Å²) in [7, 11) is 0. The van der Waals surface area contributed by atoms with Gasteiger partial charge in [-0.1, -0.05) is 0 Å². The molecule has 14 heavy (non-hydrogen) atoms. The van der Waals surface area contributed by atoms with Gasteiger partial charge in [0, 0.05) is 17.8 Å². The van der Waals surface area contributed by atoms with Gasteiger partial charge < -0.3 is 11.5 Å². The van der Waals surface area contributed by atoms with Crippen molar-refractivity contribution < 1.29 is 17.6 Å². The monoisotopic (exact) mass is 208 g/mol. The molecule has 1 aromatic rings. The summed E-state index contributed by atoms with van der Waals surface area (Å²) in [5.41, 5.74) is 8.64. The second-order valence-corrected chi connectivity index (χ2v) is 2.72. The molecule has 6 heteroatoms. The van der Waals surface area contributed by atoms with Crippen LogP contribution in [0.15, 0.2) is 12.1 Å². The average Bonchev–Trinajstić information content (AvgIpc) is 2.01. The minimum absolute atomic E-state index is 0.278. The molecule has 0 saturated heterocycles. The molecule has 0 aliphatic heterocycles. The van der Waals surface area contributed by atoms with Crippen molar-refractivity contribution in [3.63, 3.8) is 0 Å². The lowest BCUT2D eigenvalue weighted by Crippen LogP contribution is -2.14. The summed E-state index contributed by atoms with van der Waals surface area (Å²) in [6.45, 7) is -0.374. The Morgan fingerprint density at radius 3 is 2.21 bits per heavy atom. The maximum absolute atomic E-state index is 12.7. The summed E-state index contributed by atoms with van der Waals surface area (Å²) in [6, 6.07) is 1.20. The van der Waals surface area contributed by atoms with Crippen molar-refractivity contribution >= 4 is 5.69 Å². The summed E-state index contributed by atoms with van der Waals surface area (Å²) >= 11 is 0. The third kappa shape index (κ3) is 1.95. The number of nitrogens with two attached hydrogens (primary N) is 2. The summed E-state index contributed by atoms with van der Waals surface area (Å²) in [4.78, 5) is 0. The van der Waals surface area contributed by atoms with Crippen molar-refractivity contribution in [3.05, 3.63) is 29.1 Å². The van der Waals surface area contributed by atoms with Crippen LogP contribution in [0.1, 0.15) is 11.1 Å². The zero-order chi connectivity index (χ0) is 10.9. The van der Waals surface area contributed by atoms with Crippen LogP contribution in [0, 0.1) is 5.82 Å². The van der Waals surface area contributed by atoms with Crippen molar-refractivity contribution in [2.75, 3.05) is 5.73 Å². The van der Waals surface area contributed by atoms with Crippen molar-refractivity contribution in [3.8, 4) is 0 Å². The van der Waals surface area contributed by atoms with Crippen LogP contribution >= 0.6 is 0 Å². The van der Waals surface area contributed by atoms with E-state index in [0.29, 0.717) is 6.07 Å². The molecule has 2 nitrogen and oxygen atoms in total. The van der Waals surface area contributed by atoms with Gasteiger partial charge >= 0.3 is 6.18 Å². The lowest BCUT2D eigenvalue weighted by Gasteiger charge is -2.13. The van der Waals surface area contributed by atoms with Crippen LogP contribution in [-0.4, -0.2) is 0 Å². The number of anilines is 1. The van der Waals surface area contributed by atoms with Gasteiger partial charge in [0.15, 0.2) is 0 Å². The van der Waals surface area contributed by atoms with Crippen LogP contribution in [0.4, 0.5) is 23.2 Å². The molecule has 0 spiro atoms. The van der Waals surface area contributed by atoms with Crippen LogP contribution in [0.25, 0.3) is 0 Å². The van der Waals surface area contributed by atoms with E-state index >= 15 is 0 Å². The Balaban J connectivity index is 3.40. The standard InChI is InChI=1S/C8H8F4N2/c9-4-1-6(8(10,11)12)5(3-13)7(14)2-4/h1-2H,3,13-14H2. The smallest absolute Gasteiger partial charge is 0.398 e. The molecule has 0 aromatic heterocycles. The van der Waals surface area contributed by atoms with E-state index in [2.05, 4.69) is 0 Å². The molecule has 0 fully saturated rings. The topological polar surface area (TPSA) is 52.0 Å². The summed E-state index contributed by atoms with van der Waals surface area (Å²) in [5.74, 6) is -1.02. The van der Waals surface area contributed by atoms with E-state index in [9.17, 15) is 17.6 Å². The number of hydrogen-bond donors (Lipinski definition) is 2. The first-order valence-corrected chi connectivity index (χ1v) is 3.71. The largest absolute Gasteiger partial charge is 0.416 e. The number of nitrogen functional groups attached to an aromatic ring is 1. The van der Waals surface area contributed by atoms with Gasteiger partial charge in [0.05, 0.1) is 5.56 Å². The predicted molar refractivity (Wildman–Crippen MR) is 43.7 cm³/mol. The fourth-order valence-corrected chi connectivity index (χ4v) is 1.14. The van der Waals surface area contributed by atoms with E-state index in [4.69, 9.17) is 11.5 Å². The van der Waals surface area contributed by atoms with Gasteiger partial charge in [0.2, 0.25) is 0 Å². The number of benzene rings is 1. The van der Waals surface area contributed by atoms with Gasteiger partial charge in [-0.2, -0.15) is 13.2 Å². The zero-order valence-electron chi connectivity index (χ0n) is 7.03. The fourth-order valence-electron chi connectivity index (χ4n) is 1.14. The Hall–Kier alpha value is -1.30. The number of rotatable bonds is 1. The Kier molecular flexibility index (Phi) is 2.66. The molecular formula is C8H8F4N2. The Labute approximate surface area is 77.5 Å². The lowest BCUT2D eigenvalue weighted by atomic mass is 10.0. The van der Waals surface area contributed by atoms with Gasteiger partial charge in [-0.15, -0.1) is 0 Å². The molecule has 1 aromatic carbocycles. The first kappa shape index (κ1) is 10.8. The molecule has 0 saturated carbocycles. The van der Waals surface area contributed by atoms with Crippen LogP contribution in [-0.2, 0) is 12.7 Å². The zero-order valence-corrected chi connectivity index (χ0v) is 7.03. The Bertz CT molecular complexity index is 346. The first-order chi connectivity index (χ1) is 6.36. The molecule has 78 valence electrons. The highest BCUT2D eigenvalue weighted by atomic mass is 19.4. The Morgan fingerprint density at radius 2 is 1.79 bits per heavy atom.